The summed E-state index contributed by atoms with van der Waals surface area (Å²) in [5.41, 5.74) is 7.19. The van der Waals surface area contributed by atoms with Crippen molar-refractivity contribution in [3.63, 3.8) is 0 Å². The summed E-state index contributed by atoms with van der Waals surface area (Å²) in [6.45, 7) is 2.45. The van der Waals surface area contributed by atoms with Crippen LogP contribution in [0.4, 0.5) is 10.1 Å². The van der Waals surface area contributed by atoms with Crippen LogP contribution in [0.25, 0.3) is 11.1 Å². The van der Waals surface area contributed by atoms with Crippen molar-refractivity contribution in [2.75, 3.05) is 12.3 Å². The topological polar surface area (TPSA) is 35.2 Å². The second-order valence-corrected chi connectivity index (χ2v) is 3.67. The SMILES string of the molecule is CCOc1ccccc1-c1ccc(N)cc1F. The third-order valence-corrected chi connectivity index (χ3v) is 2.47. The maximum atomic E-state index is 13.8. The molecule has 2 nitrogen and oxygen atoms in total. The summed E-state index contributed by atoms with van der Waals surface area (Å²) in [6.07, 6.45) is 0. The van der Waals surface area contributed by atoms with Gasteiger partial charge >= 0.3 is 0 Å². The quantitative estimate of drug-likeness (QED) is 0.821. The third kappa shape index (κ3) is 2.38. The Kier molecular flexibility index (Phi) is 3.28. The Balaban J connectivity index is 2.52. The van der Waals surface area contributed by atoms with Crippen LogP contribution >= 0.6 is 0 Å². The zero-order chi connectivity index (χ0) is 12.3. The second-order valence-electron chi connectivity index (χ2n) is 3.67. The Morgan fingerprint density at radius 1 is 1.12 bits per heavy atom. The predicted molar refractivity (Wildman–Crippen MR) is 67.4 cm³/mol. The van der Waals surface area contributed by atoms with Gasteiger partial charge in [-0.15, -0.1) is 0 Å². The molecule has 0 radical (unpaired) electrons. The lowest BCUT2D eigenvalue weighted by molar-refractivity contribution is 0.341. The van der Waals surface area contributed by atoms with E-state index in [0.29, 0.717) is 23.6 Å². The number of nitrogen functional groups attached to an aromatic ring is 1. The van der Waals surface area contributed by atoms with Crippen LogP contribution in [0.3, 0.4) is 0 Å². The van der Waals surface area contributed by atoms with Gasteiger partial charge in [0, 0.05) is 16.8 Å². The summed E-state index contributed by atoms with van der Waals surface area (Å²) in [5.74, 6) is 0.343. The van der Waals surface area contributed by atoms with E-state index >= 15 is 0 Å². The van der Waals surface area contributed by atoms with E-state index in [1.54, 1.807) is 12.1 Å². The van der Waals surface area contributed by atoms with Crippen molar-refractivity contribution in [2.24, 2.45) is 0 Å². The van der Waals surface area contributed by atoms with Crippen LogP contribution in [0.5, 0.6) is 5.75 Å². The van der Waals surface area contributed by atoms with Crippen molar-refractivity contribution < 1.29 is 9.13 Å². The average molecular weight is 231 g/mol. The van der Waals surface area contributed by atoms with Gasteiger partial charge in [0.05, 0.1) is 6.61 Å². The molecule has 0 saturated heterocycles. The van der Waals surface area contributed by atoms with E-state index in [9.17, 15) is 4.39 Å². The van der Waals surface area contributed by atoms with Gasteiger partial charge in [0.2, 0.25) is 0 Å². The molecule has 0 unspecified atom stereocenters. The first kappa shape index (κ1) is 11.5. The largest absolute Gasteiger partial charge is 0.493 e. The minimum Gasteiger partial charge on any atom is -0.493 e. The number of nitrogens with two attached hydrogens (primary N) is 1. The highest BCUT2D eigenvalue weighted by atomic mass is 19.1. The summed E-state index contributed by atoms with van der Waals surface area (Å²) < 4.78 is 19.3. The summed E-state index contributed by atoms with van der Waals surface area (Å²) in [4.78, 5) is 0. The molecule has 17 heavy (non-hydrogen) atoms. The number of hydrogen-bond acceptors (Lipinski definition) is 2. The minimum atomic E-state index is -0.336. The second kappa shape index (κ2) is 4.87. The van der Waals surface area contributed by atoms with E-state index in [4.69, 9.17) is 10.5 Å². The highest BCUT2D eigenvalue weighted by Crippen LogP contribution is 2.32. The summed E-state index contributed by atoms with van der Waals surface area (Å²) in [6, 6.07) is 12.0. The molecule has 2 N–H and O–H groups in total. The van der Waals surface area contributed by atoms with E-state index < -0.39 is 0 Å². The van der Waals surface area contributed by atoms with Crippen molar-refractivity contribution in [1.82, 2.24) is 0 Å². The van der Waals surface area contributed by atoms with Crippen LogP contribution in [-0.2, 0) is 0 Å². The van der Waals surface area contributed by atoms with Gasteiger partial charge in [-0.25, -0.2) is 4.39 Å². The van der Waals surface area contributed by atoms with Gasteiger partial charge in [0.25, 0.3) is 0 Å². The monoisotopic (exact) mass is 231 g/mol. The van der Waals surface area contributed by atoms with Crippen molar-refractivity contribution in [1.29, 1.82) is 0 Å². The Labute approximate surface area is 99.8 Å². The molecule has 3 heteroatoms. The first-order valence-electron chi connectivity index (χ1n) is 5.49. The Morgan fingerprint density at radius 3 is 2.59 bits per heavy atom. The van der Waals surface area contributed by atoms with Crippen molar-refractivity contribution in [3.8, 4) is 16.9 Å². The van der Waals surface area contributed by atoms with E-state index in [1.165, 1.54) is 6.07 Å². The fourth-order valence-electron chi connectivity index (χ4n) is 1.72. The summed E-state index contributed by atoms with van der Waals surface area (Å²) >= 11 is 0. The molecular weight excluding hydrogens is 217 g/mol. The minimum absolute atomic E-state index is 0.336. The molecule has 0 aliphatic rings. The molecule has 0 bridgehead atoms. The molecule has 2 aromatic rings. The number of rotatable bonds is 3. The Hall–Kier alpha value is -2.03. The molecule has 0 amide bonds. The van der Waals surface area contributed by atoms with Gasteiger partial charge < -0.3 is 10.5 Å². The van der Waals surface area contributed by atoms with E-state index in [2.05, 4.69) is 0 Å². The standard InChI is InChI=1S/C14H14FNO/c1-2-17-14-6-4-3-5-12(14)11-8-7-10(16)9-13(11)15/h3-9H,2,16H2,1H3. The lowest BCUT2D eigenvalue weighted by Crippen LogP contribution is -1.95. The van der Waals surface area contributed by atoms with Gasteiger partial charge in [0.1, 0.15) is 11.6 Å². The molecule has 2 aromatic carbocycles. The van der Waals surface area contributed by atoms with E-state index in [-0.39, 0.29) is 5.82 Å². The smallest absolute Gasteiger partial charge is 0.133 e. The van der Waals surface area contributed by atoms with Crippen LogP contribution in [0.2, 0.25) is 0 Å². The first-order valence-corrected chi connectivity index (χ1v) is 5.49. The molecule has 2 rings (SSSR count). The lowest BCUT2D eigenvalue weighted by atomic mass is 10.0. The van der Waals surface area contributed by atoms with Crippen molar-refractivity contribution >= 4 is 5.69 Å². The molecule has 0 aliphatic heterocycles. The number of hydrogen-bond donors (Lipinski definition) is 1. The zero-order valence-corrected chi connectivity index (χ0v) is 9.61. The average Bonchev–Trinajstić information content (AvgIpc) is 2.31. The van der Waals surface area contributed by atoms with Crippen LogP contribution in [-0.4, -0.2) is 6.61 Å². The van der Waals surface area contributed by atoms with Gasteiger partial charge in [-0.2, -0.15) is 0 Å². The lowest BCUT2D eigenvalue weighted by Gasteiger charge is -2.11. The van der Waals surface area contributed by atoms with Crippen molar-refractivity contribution in [3.05, 3.63) is 48.3 Å². The Bertz CT molecular complexity index is 525. The van der Waals surface area contributed by atoms with Crippen molar-refractivity contribution in [2.45, 2.75) is 6.92 Å². The highest BCUT2D eigenvalue weighted by Gasteiger charge is 2.10. The van der Waals surface area contributed by atoms with Gasteiger partial charge in [-0.3, -0.25) is 0 Å². The van der Waals surface area contributed by atoms with Crippen LogP contribution in [0, 0.1) is 5.82 Å². The van der Waals surface area contributed by atoms with Crippen LogP contribution in [0.1, 0.15) is 6.92 Å². The highest BCUT2D eigenvalue weighted by molar-refractivity contribution is 5.72. The first-order chi connectivity index (χ1) is 8.22. The normalized spacial score (nSPS) is 10.2. The molecule has 0 spiro atoms. The van der Waals surface area contributed by atoms with Crippen LogP contribution in [0.15, 0.2) is 42.5 Å². The molecule has 0 atom stereocenters. The molecular formula is C14H14FNO. The summed E-state index contributed by atoms with van der Waals surface area (Å²) in [7, 11) is 0. The molecule has 88 valence electrons. The maximum absolute atomic E-state index is 13.8. The van der Waals surface area contributed by atoms with Crippen LogP contribution < -0.4 is 10.5 Å². The molecule has 0 aliphatic carbocycles. The molecule has 0 aromatic heterocycles. The molecule has 0 saturated carbocycles. The number of halogens is 1. The number of anilines is 1. The fraction of sp³-hybridized carbons (Fsp3) is 0.143. The Morgan fingerprint density at radius 2 is 1.88 bits per heavy atom. The van der Waals surface area contributed by atoms with E-state index in [0.717, 1.165) is 5.56 Å². The number of ether oxygens (including phenoxy) is 1. The fourth-order valence-corrected chi connectivity index (χ4v) is 1.72. The molecule has 0 fully saturated rings. The predicted octanol–water partition coefficient (Wildman–Crippen LogP) is 3.47. The van der Waals surface area contributed by atoms with Gasteiger partial charge in [-0.1, -0.05) is 18.2 Å². The van der Waals surface area contributed by atoms with Gasteiger partial charge in [-0.05, 0) is 31.2 Å². The summed E-state index contributed by atoms with van der Waals surface area (Å²) in [5, 5.41) is 0. The van der Waals surface area contributed by atoms with Gasteiger partial charge in [0.15, 0.2) is 0 Å². The molecule has 0 heterocycles. The third-order valence-electron chi connectivity index (χ3n) is 2.47. The van der Waals surface area contributed by atoms with E-state index in [1.807, 2.05) is 31.2 Å². The maximum Gasteiger partial charge on any atom is 0.133 e. The zero-order valence-electron chi connectivity index (χ0n) is 9.61. The number of benzene rings is 2. The number of para-hydroxylation sites is 1.